The van der Waals surface area contributed by atoms with Gasteiger partial charge in [-0.15, -0.1) is 0 Å². The Balaban J connectivity index is 1.49. The Hall–Kier alpha value is -2.86. The lowest BCUT2D eigenvalue weighted by atomic mass is 10.1. The van der Waals surface area contributed by atoms with Gasteiger partial charge in [-0.2, -0.15) is 4.98 Å². The quantitative estimate of drug-likeness (QED) is 0.722. The molecule has 2 N–H and O–H groups in total. The molecule has 0 aliphatic heterocycles. The average Bonchev–Trinajstić information content (AvgIpc) is 3.06. The summed E-state index contributed by atoms with van der Waals surface area (Å²) in [5.74, 6) is 1.02. The van der Waals surface area contributed by atoms with E-state index in [1.54, 1.807) is 24.3 Å². The number of hydrogen-bond acceptors (Lipinski definition) is 4. The molecular formula is C18H17ClN4O2. The highest BCUT2D eigenvalue weighted by Gasteiger charge is 2.09. The van der Waals surface area contributed by atoms with Gasteiger partial charge < -0.3 is 15.2 Å². The second-order valence-electron chi connectivity index (χ2n) is 5.52. The second kappa shape index (κ2) is 7.81. The maximum absolute atomic E-state index is 11.8. The third kappa shape index (κ3) is 4.81. The molecule has 0 atom stereocenters. The van der Waals surface area contributed by atoms with Crippen molar-refractivity contribution >= 4 is 23.3 Å². The molecule has 7 heteroatoms. The van der Waals surface area contributed by atoms with Crippen molar-refractivity contribution in [3.05, 3.63) is 65.0 Å². The number of nitrogens with zero attached hydrogens (tertiary/aromatic N) is 2. The third-order valence-electron chi connectivity index (χ3n) is 3.47. The Kier molecular flexibility index (Phi) is 5.30. The van der Waals surface area contributed by atoms with Crippen molar-refractivity contribution in [1.82, 2.24) is 15.5 Å². The highest BCUT2D eigenvalue weighted by atomic mass is 35.5. The summed E-state index contributed by atoms with van der Waals surface area (Å²) in [6.45, 7) is 2.39. The van der Waals surface area contributed by atoms with Crippen LogP contribution in [0.5, 0.6) is 0 Å². The number of carbonyl (C=O) groups is 1. The molecule has 0 unspecified atom stereocenters. The summed E-state index contributed by atoms with van der Waals surface area (Å²) in [6, 6.07) is 14.5. The molecule has 3 rings (SSSR count). The van der Waals surface area contributed by atoms with Gasteiger partial charge in [-0.05, 0) is 37.3 Å². The maximum atomic E-state index is 11.8. The fraction of sp³-hybridized carbons (Fsp3) is 0.167. The highest BCUT2D eigenvalue weighted by Crippen LogP contribution is 2.17. The van der Waals surface area contributed by atoms with Crippen LogP contribution >= 0.6 is 11.6 Å². The number of anilines is 1. The summed E-state index contributed by atoms with van der Waals surface area (Å²) in [5, 5.41) is 10.1. The molecule has 0 aliphatic carbocycles. The van der Waals surface area contributed by atoms with Gasteiger partial charge in [0.1, 0.15) is 0 Å². The van der Waals surface area contributed by atoms with Crippen molar-refractivity contribution in [3.63, 3.8) is 0 Å². The molecule has 0 spiro atoms. The molecule has 0 bridgehead atoms. The SMILES string of the molecule is Cc1cccc(-c2noc(CCNC(=O)Nc3ccc(Cl)cc3)n2)c1. The Bertz CT molecular complexity index is 862. The zero-order chi connectivity index (χ0) is 17.6. The molecule has 0 radical (unpaired) electrons. The number of rotatable bonds is 5. The van der Waals surface area contributed by atoms with Crippen molar-refractivity contribution in [1.29, 1.82) is 0 Å². The minimum atomic E-state index is -0.305. The predicted octanol–water partition coefficient (Wildman–Crippen LogP) is 4.06. The van der Waals surface area contributed by atoms with E-state index in [2.05, 4.69) is 20.8 Å². The van der Waals surface area contributed by atoms with Crippen molar-refractivity contribution < 1.29 is 9.32 Å². The van der Waals surface area contributed by atoms with Crippen LogP contribution in [0.15, 0.2) is 53.1 Å². The van der Waals surface area contributed by atoms with Crippen LogP contribution in [0, 0.1) is 6.92 Å². The van der Waals surface area contributed by atoms with E-state index in [4.69, 9.17) is 16.1 Å². The van der Waals surface area contributed by atoms with Gasteiger partial charge in [-0.3, -0.25) is 0 Å². The first-order valence-electron chi connectivity index (χ1n) is 7.80. The van der Waals surface area contributed by atoms with E-state index >= 15 is 0 Å². The van der Waals surface area contributed by atoms with Gasteiger partial charge in [-0.25, -0.2) is 4.79 Å². The first-order chi connectivity index (χ1) is 12.1. The van der Waals surface area contributed by atoms with Crippen molar-refractivity contribution in [2.24, 2.45) is 0 Å². The fourth-order valence-electron chi connectivity index (χ4n) is 2.25. The van der Waals surface area contributed by atoms with Crippen molar-refractivity contribution in [2.75, 3.05) is 11.9 Å². The molecule has 6 nitrogen and oxygen atoms in total. The van der Waals surface area contributed by atoms with Gasteiger partial charge in [0.25, 0.3) is 0 Å². The van der Waals surface area contributed by atoms with E-state index in [0.29, 0.717) is 35.4 Å². The third-order valence-corrected chi connectivity index (χ3v) is 3.72. The molecule has 2 aromatic carbocycles. The summed E-state index contributed by atoms with van der Waals surface area (Å²) < 4.78 is 5.22. The van der Waals surface area contributed by atoms with E-state index in [0.717, 1.165) is 11.1 Å². The number of urea groups is 1. The molecule has 1 aromatic heterocycles. The average molecular weight is 357 g/mol. The number of halogens is 1. The number of benzene rings is 2. The molecule has 0 aliphatic rings. The van der Waals surface area contributed by atoms with Gasteiger partial charge >= 0.3 is 6.03 Å². The molecule has 0 saturated heterocycles. The number of aryl methyl sites for hydroxylation is 1. The lowest BCUT2D eigenvalue weighted by Crippen LogP contribution is -2.30. The van der Waals surface area contributed by atoms with Crippen LogP contribution in [0.2, 0.25) is 5.02 Å². The predicted molar refractivity (Wildman–Crippen MR) is 96.6 cm³/mol. The number of hydrogen-bond donors (Lipinski definition) is 2. The fourth-order valence-corrected chi connectivity index (χ4v) is 2.38. The summed E-state index contributed by atoms with van der Waals surface area (Å²) in [4.78, 5) is 16.2. The second-order valence-corrected chi connectivity index (χ2v) is 5.96. The molecule has 128 valence electrons. The van der Waals surface area contributed by atoms with Crippen molar-refractivity contribution in [3.8, 4) is 11.4 Å². The topological polar surface area (TPSA) is 80.0 Å². The van der Waals surface area contributed by atoms with Gasteiger partial charge in [-0.1, -0.05) is 40.5 Å². The zero-order valence-corrected chi connectivity index (χ0v) is 14.4. The number of carbonyl (C=O) groups excluding carboxylic acids is 1. The maximum Gasteiger partial charge on any atom is 0.319 e. The lowest BCUT2D eigenvalue weighted by Gasteiger charge is -2.06. The Morgan fingerprint density at radius 2 is 2.00 bits per heavy atom. The van der Waals surface area contributed by atoms with Gasteiger partial charge in [0.15, 0.2) is 0 Å². The number of nitrogens with one attached hydrogen (secondary N) is 2. The standard InChI is InChI=1S/C18H17ClN4O2/c1-12-3-2-4-13(11-12)17-22-16(25-23-17)9-10-20-18(24)21-15-7-5-14(19)6-8-15/h2-8,11H,9-10H2,1H3,(H2,20,21,24). The van der Waals surface area contributed by atoms with Crippen LogP contribution in [-0.2, 0) is 6.42 Å². The van der Waals surface area contributed by atoms with E-state index in [1.807, 2.05) is 31.2 Å². The smallest absolute Gasteiger partial charge is 0.319 e. The summed E-state index contributed by atoms with van der Waals surface area (Å²) in [6.07, 6.45) is 0.451. The van der Waals surface area contributed by atoms with E-state index in [1.165, 1.54) is 0 Å². The summed E-state index contributed by atoms with van der Waals surface area (Å²) >= 11 is 5.80. The Morgan fingerprint density at radius 1 is 1.20 bits per heavy atom. The molecule has 0 fully saturated rings. The number of aromatic nitrogens is 2. The Labute approximate surface area is 150 Å². The van der Waals surface area contributed by atoms with Crippen LogP contribution in [0.1, 0.15) is 11.5 Å². The van der Waals surface area contributed by atoms with Crippen LogP contribution < -0.4 is 10.6 Å². The van der Waals surface area contributed by atoms with E-state index < -0.39 is 0 Å². The summed E-state index contributed by atoms with van der Waals surface area (Å²) in [5.41, 5.74) is 2.70. The molecule has 1 heterocycles. The van der Waals surface area contributed by atoms with Crippen LogP contribution in [0.3, 0.4) is 0 Å². The van der Waals surface area contributed by atoms with Gasteiger partial charge in [0.05, 0.1) is 0 Å². The van der Waals surface area contributed by atoms with Gasteiger partial charge in [0, 0.05) is 29.2 Å². The monoisotopic (exact) mass is 356 g/mol. The summed E-state index contributed by atoms with van der Waals surface area (Å²) in [7, 11) is 0. The minimum Gasteiger partial charge on any atom is -0.339 e. The first-order valence-corrected chi connectivity index (χ1v) is 8.18. The Morgan fingerprint density at radius 3 is 2.76 bits per heavy atom. The van der Waals surface area contributed by atoms with Gasteiger partial charge in [0.2, 0.25) is 11.7 Å². The van der Waals surface area contributed by atoms with E-state index in [-0.39, 0.29) is 6.03 Å². The molecule has 0 saturated carbocycles. The molecule has 2 amide bonds. The van der Waals surface area contributed by atoms with Crippen LogP contribution in [0.25, 0.3) is 11.4 Å². The van der Waals surface area contributed by atoms with Crippen LogP contribution in [-0.4, -0.2) is 22.7 Å². The highest BCUT2D eigenvalue weighted by molar-refractivity contribution is 6.30. The molecule has 25 heavy (non-hydrogen) atoms. The first kappa shape index (κ1) is 17.0. The largest absolute Gasteiger partial charge is 0.339 e. The zero-order valence-electron chi connectivity index (χ0n) is 13.6. The molecular weight excluding hydrogens is 340 g/mol. The van der Waals surface area contributed by atoms with E-state index in [9.17, 15) is 4.79 Å². The van der Waals surface area contributed by atoms with Crippen LogP contribution in [0.4, 0.5) is 10.5 Å². The molecule has 3 aromatic rings. The number of amides is 2. The lowest BCUT2D eigenvalue weighted by molar-refractivity contribution is 0.252. The van der Waals surface area contributed by atoms with Crippen molar-refractivity contribution in [2.45, 2.75) is 13.3 Å². The normalized spacial score (nSPS) is 10.5. The minimum absolute atomic E-state index is 0.305.